The summed E-state index contributed by atoms with van der Waals surface area (Å²) in [7, 11) is 0. The van der Waals surface area contributed by atoms with Gasteiger partial charge in [-0.15, -0.1) is 0 Å². The van der Waals surface area contributed by atoms with Gasteiger partial charge >= 0.3 is 0 Å². The average Bonchev–Trinajstić information content (AvgIpc) is 2.42. The molecule has 0 spiro atoms. The Balaban J connectivity index is 2.13. The number of rotatable bonds is 4. The van der Waals surface area contributed by atoms with Crippen LogP contribution in [0, 0.1) is 5.82 Å². The Morgan fingerprint density at radius 2 is 2.00 bits per heavy atom. The number of anilines is 1. The number of nitrogens with zero attached hydrogens (tertiary/aromatic N) is 1. The molecule has 1 unspecified atom stereocenters. The minimum atomic E-state index is -0.373. The van der Waals surface area contributed by atoms with Crippen LogP contribution in [0.2, 0.25) is 0 Å². The summed E-state index contributed by atoms with van der Waals surface area (Å²) in [5.74, 6) is 0.399. The second kappa shape index (κ2) is 5.84. The van der Waals surface area contributed by atoms with Crippen molar-refractivity contribution in [2.24, 2.45) is 4.99 Å². The summed E-state index contributed by atoms with van der Waals surface area (Å²) in [5.41, 5.74) is 0.423. The SMILES string of the molecule is CCNC1(CC)C=CNC(Nc2ccc(F)cc2)=N1. The first kappa shape index (κ1) is 13.5. The summed E-state index contributed by atoms with van der Waals surface area (Å²) in [6.07, 6.45) is 4.73. The molecule has 3 N–H and O–H groups in total. The van der Waals surface area contributed by atoms with E-state index in [1.54, 1.807) is 12.1 Å². The van der Waals surface area contributed by atoms with Crippen LogP contribution in [0.1, 0.15) is 20.3 Å². The molecule has 0 saturated heterocycles. The first-order valence-electron chi connectivity index (χ1n) is 6.49. The smallest absolute Gasteiger partial charge is 0.202 e. The van der Waals surface area contributed by atoms with Gasteiger partial charge in [-0.05, 0) is 43.3 Å². The molecule has 0 radical (unpaired) electrons. The lowest BCUT2D eigenvalue weighted by atomic mass is 10.1. The summed E-state index contributed by atoms with van der Waals surface area (Å²) >= 11 is 0. The van der Waals surface area contributed by atoms with E-state index in [4.69, 9.17) is 0 Å². The Morgan fingerprint density at radius 1 is 1.26 bits per heavy atom. The number of halogens is 1. The van der Waals surface area contributed by atoms with E-state index in [2.05, 4.69) is 34.8 Å². The lowest BCUT2D eigenvalue weighted by Crippen LogP contribution is -2.47. The second-order valence-electron chi connectivity index (χ2n) is 4.38. The summed E-state index contributed by atoms with van der Waals surface area (Å²) in [5, 5.41) is 9.55. The molecule has 5 heteroatoms. The van der Waals surface area contributed by atoms with Crippen LogP contribution in [0.15, 0.2) is 41.5 Å². The highest BCUT2D eigenvalue weighted by Crippen LogP contribution is 2.17. The topological polar surface area (TPSA) is 48.4 Å². The summed E-state index contributed by atoms with van der Waals surface area (Å²) in [6, 6.07) is 6.19. The minimum absolute atomic E-state index is 0.250. The van der Waals surface area contributed by atoms with Crippen molar-refractivity contribution in [3.05, 3.63) is 42.4 Å². The maximum atomic E-state index is 12.8. The van der Waals surface area contributed by atoms with Gasteiger partial charge in [-0.2, -0.15) is 0 Å². The second-order valence-corrected chi connectivity index (χ2v) is 4.38. The lowest BCUT2D eigenvalue weighted by molar-refractivity contribution is 0.410. The van der Waals surface area contributed by atoms with Crippen molar-refractivity contribution in [2.45, 2.75) is 25.9 Å². The van der Waals surface area contributed by atoms with Crippen LogP contribution >= 0.6 is 0 Å². The van der Waals surface area contributed by atoms with E-state index in [1.165, 1.54) is 12.1 Å². The fraction of sp³-hybridized carbons (Fsp3) is 0.357. The zero-order valence-electron chi connectivity index (χ0n) is 11.2. The van der Waals surface area contributed by atoms with Crippen molar-refractivity contribution in [3.63, 3.8) is 0 Å². The van der Waals surface area contributed by atoms with Crippen LogP contribution in [0.3, 0.4) is 0 Å². The first-order valence-corrected chi connectivity index (χ1v) is 6.49. The van der Waals surface area contributed by atoms with Crippen molar-refractivity contribution < 1.29 is 4.39 Å². The molecule has 0 bridgehead atoms. The Morgan fingerprint density at radius 3 is 2.63 bits per heavy atom. The fourth-order valence-corrected chi connectivity index (χ4v) is 1.99. The number of likely N-dealkylation sites (N-methyl/N-ethyl adjacent to an activating group) is 1. The normalized spacial score (nSPS) is 21.7. The van der Waals surface area contributed by atoms with E-state index in [0.717, 1.165) is 18.7 Å². The molecule has 0 aromatic heterocycles. The van der Waals surface area contributed by atoms with E-state index in [1.807, 2.05) is 12.3 Å². The van der Waals surface area contributed by atoms with Crippen LogP contribution < -0.4 is 16.0 Å². The lowest BCUT2D eigenvalue weighted by Gasteiger charge is -2.30. The fourth-order valence-electron chi connectivity index (χ4n) is 1.99. The zero-order chi connectivity index (χ0) is 13.7. The maximum absolute atomic E-state index is 12.8. The van der Waals surface area contributed by atoms with E-state index >= 15 is 0 Å². The third-order valence-electron chi connectivity index (χ3n) is 3.02. The molecular weight excluding hydrogens is 243 g/mol. The van der Waals surface area contributed by atoms with Crippen molar-refractivity contribution in [2.75, 3.05) is 11.9 Å². The quantitative estimate of drug-likeness (QED) is 0.781. The molecule has 0 aliphatic carbocycles. The zero-order valence-corrected chi connectivity index (χ0v) is 11.2. The van der Waals surface area contributed by atoms with Crippen molar-refractivity contribution in [1.82, 2.24) is 10.6 Å². The molecule has 19 heavy (non-hydrogen) atoms. The van der Waals surface area contributed by atoms with Gasteiger partial charge in [0, 0.05) is 11.9 Å². The summed E-state index contributed by atoms with van der Waals surface area (Å²) in [6.45, 7) is 4.97. The molecule has 1 aliphatic heterocycles. The van der Waals surface area contributed by atoms with Crippen LogP contribution in [-0.4, -0.2) is 18.2 Å². The molecule has 1 aromatic rings. The minimum Gasteiger partial charge on any atom is -0.333 e. The van der Waals surface area contributed by atoms with Crippen molar-refractivity contribution in [3.8, 4) is 0 Å². The van der Waals surface area contributed by atoms with Crippen LogP contribution in [-0.2, 0) is 0 Å². The number of hydrogen-bond donors (Lipinski definition) is 3. The van der Waals surface area contributed by atoms with Gasteiger partial charge in [0.15, 0.2) is 0 Å². The van der Waals surface area contributed by atoms with Gasteiger partial charge in [-0.1, -0.05) is 13.8 Å². The highest BCUT2D eigenvalue weighted by atomic mass is 19.1. The van der Waals surface area contributed by atoms with E-state index in [0.29, 0.717) is 5.96 Å². The van der Waals surface area contributed by atoms with E-state index in [-0.39, 0.29) is 11.5 Å². The number of aliphatic imine (C=N–C) groups is 1. The average molecular weight is 262 g/mol. The van der Waals surface area contributed by atoms with Gasteiger partial charge < -0.3 is 10.6 Å². The Kier molecular flexibility index (Phi) is 4.16. The third-order valence-corrected chi connectivity index (χ3v) is 3.02. The Bertz CT molecular complexity index is 481. The Labute approximate surface area is 112 Å². The number of nitrogens with one attached hydrogen (secondary N) is 3. The van der Waals surface area contributed by atoms with Crippen LogP contribution in [0.5, 0.6) is 0 Å². The molecule has 0 saturated carbocycles. The van der Waals surface area contributed by atoms with Gasteiger partial charge in [0.1, 0.15) is 11.5 Å². The number of hydrogen-bond acceptors (Lipinski definition) is 4. The van der Waals surface area contributed by atoms with Gasteiger partial charge in [0.25, 0.3) is 0 Å². The molecular formula is C14H19FN4. The number of benzene rings is 1. The summed E-state index contributed by atoms with van der Waals surface area (Å²) < 4.78 is 12.8. The van der Waals surface area contributed by atoms with E-state index in [9.17, 15) is 4.39 Å². The van der Waals surface area contributed by atoms with Gasteiger partial charge in [0.05, 0.1) is 0 Å². The molecule has 0 fully saturated rings. The molecule has 2 rings (SSSR count). The predicted molar refractivity (Wildman–Crippen MR) is 76.4 cm³/mol. The van der Waals surface area contributed by atoms with Crippen LogP contribution in [0.25, 0.3) is 0 Å². The molecule has 4 nitrogen and oxygen atoms in total. The molecule has 1 aromatic carbocycles. The largest absolute Gasteiger partial charge is 0.333 e. The number of guanidine groups is 1. The molecule has 1 heterocycles. The van der Waals surface area contributed by atoms with Crippen molar-refractivity contribution >= 4 is 11.6 Å². The van der Waals surface area contributed by atoms with Crippen molar-refractivity contribution in [1.29, 1.82) is 0 Å². The third kappa shape index (κ3) is 3.32. The first-order chi connectivity index (χ1) is 9.17. The predicted octanol–water partition coefficient (Wildman–Crippen LogP) is 2.43. The molecule has 1 atom stereocenters. The Hall–Kier alpha value is -1.88. The van der Waals surface area contributed by atoms with Gasteiger partial charge in [-0.25, -0.2) is 9.38 Å². The maximum Gasteiger partial charge on any atom is 0.202 e. The molecule has 1 aliphatic rings. The monoisotopic (exact) mass is 262 g/mol. The molecule has 102 valence electrons. The standard InChI is InChI=1S/C14H19FN4/c1-3-14(17-4-2)9-10-16-13(19-14)18-12-7-5-11(15)6-8-12/h5-10,17H,3-4H2,1-2H3,(H2,16,18,19). The van der Waals surface area contributed by atoms with Gasteiger partial charge in [0.2, 0.25) is 5.96 Å². The highest BCUT2D eigenvalue weighted by molar-refractivity contribution is 5.95. The highest BCUT2D eigenvalue weighted by Gasteiger charge is 2.25. The van der Waals surface area contributed by atoms with Crippen LogP contribution in [0.4, 0.5) is 10.1 Å². The van der Waals surface area contributed by atoms with Gasteiger partial charge in [-0.3, -0.25) is 5.32 Å². The molecule has 0 amide bonds. The summed E-state index contributed by atoms with van der Waals surface area (Å²) in [4.78, 5) is 4.64. The van der Waals surface area contributed by atoms with E-state index < -0.39 is 0 Å².